The Bertz CT molecular complexity index is 1330. The Morgan fingerprint density at radius 3 is 1.19 bits per heavy atom. The maximum absolute atomic E-state index is 12.9. The first-order chi connectivity index (χ1) is 34.1. The summed E-state index contributed by atoms with van der Waals surface area (Å²) in [6.07, 6.45) is 63.1. The molecule has 0 aromatic heterocycles. The monoisotopic (exact) mass is 985 g/mol. The molecule has 2 atom stereocenters. The van der Waals surface area contributed by atoms with Crippen LogP contribution in [0.15, 0.2) is 60.8 Å². The molecule has 0 rings (SSSR count). The number of unbranched alkanes of at least 4 members (excludes halogenated alkanes) is 28. The summed E-state index contributed by atoms with van der Waals surface area (Å²) in [6, 6.07) is 0. The van der Waals surface area contributed by atoms with Crippen LogP contribution < -0.4 is 0 Å². The van der Waals surface area contributed by atoms with Gasteiger partial charge in [-0.25, -0.2) is 4.79 Å². The first-order valence-corrected chi connectivity index (χ1v) is 29.0. The number of ether oxygens (including phenoxy) is 4. The van der Waals surface area contributed by atoms with Crippen LogP contribution in [-0.4, -0.2) is 87.4 Å². The fourth-order valence-corrected chi connectivity index (χ4v) is 7.98. The number of likely N-dealkylation sites (N-methyl/N-ethyl adjacent to an activating group) is 1. The highest BCUT2D eigenvalue weighted by Crippen LogP contribution is 2.16. The summed E-state index contributed by atoms with van der Waals surface area (Å²) < 4.78 is 22.8. The van der Waals surface area contributed by atoms with E-state index in [4.69, 9.17) is 18.9 Å². The van der Waals surface area contributed by atoms with Crippen molar-refractivity contribution in [2.45, 2.75) is 264 Å². The number of allylic oxidation sites excluding steroid dienone is 10. The van der Waals surface area contributed by atoms with E-state index in [0.717, 1.165) is 77.0 Å². The molecule has 70 heavy (non-hydrogen) atoms. The van der Waals surface area contributed by atoms with E-state index in [1.165, 1.54) is 148 Å². The SMILES string of the molecule is CCCC/C=C\C/C=C\CCCCCCCC(=O)OCC(COC(OCC[N+](C)(C)C)C(=O)O)OC(=O)CCCCCCCCCCCCCCCCCC/C=C\C/C=C\C/C=C\CCCCCCC. The van der Waals surface area contributed by atoms with Crippen LogP contribution in [-0.2, 0) is 33.3 Å². The number of carbonyl (C=O) groups excluding carboxylic acids is 2. The summed E-state index contributed by atoms with van der Waals surface area (Å²) in [6.45, 7) is 4.82. The lowest BCUT2D eigenvalue weighted by Crippen LogP contribution is -2.40. The molecule has 0 aromatic rings. The molecule has 0 heterocycles. The molecule has 0 spiro atoms. The predicted octanol–water partition coefficient (Wildman–Crippen LogP) is 16.8. The number of hydrogen-bond donors (Lipinski definition) is 1. The predicted molar refractivity (Wildman–Crippen MR) is 295 cm³/mol. The van der Waals surface area contributed by atoms with E-state index in [2.05, 4.69) is 74.6 Å². The number of hydrogen-bond acceptors (Lipinski definition) is 7. The number of carboxylic acid groups (broad SMARTS) is 1. The van der Waals surface area contributed by atoms with Gasteiger partial charge in [0, 0.05) is 12.8 Å². The maximum Gasteiger partial charge on any atom is 0.361 e. The topological polar surface area (TPSA) is 108 Å². The van der Waals surface area contributed by atoms with E-state index in [-0.39, 0.29) is 38.6 Å². The smallest absolute Gasteiger partial charge is 0.361 e. The zero-order valence-electron chi connectivity index (χ0n) is 46.2. The molecule has 2 unspecified atom stereocenters. The second-order valence-corrected chi connectivity index (χ2v) is 20.6. The van der Waals surface area contributed by atoms with Gasteiger partial charge in [0.1, 0.15) is 13.2 Å². The molecule has 0 aliphatic carbocycles. The molecule has 0 fully saturated rings. The summed E-state index contributed by atoms with van der Waals surface area (Å²) in [5.41, 5.74) is 0. The summed E-state index contributed by atoms with van der Waals surface area (Å²) in [7, 11) is 5.96. The molecule has 9 nitrogen and oxygen atoms in total. The number of aliphatic carboxylic acids is 1. The van der Waals surface area contributed by atoms with Gasteiger partial charge in [-0.1, -0.05) is 222 Å². The summed E-state index contributed by atoms with van der Waals surface area (Å²) in [5.74, 6) is -2.02. The highest BCUT2D eigenvalue weighted by atomic mass is 16.7. The Labute approximate surface area is 431 Å². The van der Waals surface area contributed by atoms with Crippen LogP contribution in [0.5, 0.6) is 0 Å². The van der Waals surface area contributed by atoms with Crippen molar-refractivity contribution in [3.63, 3.8) is 0 Å². The number of carbonyl (C=O) groups is 3. The lowest BCUT2D eigenvalue weighted by atomic mass is 10.0. The fraction of sp³-hybridized carbons (Fsp3) is 0.787. The molecule has 9 heteroatoms. The Morgan fingerprint density at radius 1 is 0.429 bits per heavy atom. The van der Waals surface area contributed by atoms with E-state index in [9.17, 15) is 19.5 Å². The molecule has 0 amide bonds. The molecule has 1 N–H and O–H groups in total. The van der Waals surface area contributed by atoms with Gasteiger partial charge in [-0.05, 0) is 77.0 Å². The molecule has 406 valence electrons. The Balaban J connectivity index is 4.14. The lowest BCUT2D eigenvalue weighted by Gasteiger charge is -2.25. The molecule has 0 bridgehead atoms. The second kappa shape index (κ2) is 52.3. The van der Waals surface area contributed by atoms with Crippen molar-refractivity contribution in [1.29, 1.82) is 0 Å². The highest BCUT2D eigenvalue weighted by Gasteiger charge is 2.25. The van der Waals surface area contributed by atoms with Gasteiger partial charge in [0.25, 0.3) is 6.29 Å². The van der Waals surface area contributed by atoms with Crippen molar-refractivity contribution in [3.8, 4) is 0 Å². The van der Waals surface area contributed by atoms with Crippen LogP contribution in [0.2, 0.25) is 0 Å². The van der Waals surface area contributed by atoms with Gasteiger partial charge < -0.3 is 28.5 Å². The number of esters is 2. The first kappa shape index (κ1) is 67.0. The van der Waals surface area contributed by atoms with Gasteiger partial charge in [-0.15, -0.1) is 0 Å². The minimum Gasteiger partial charge on any atom is -0.477 e. The zero-order valence-corrected chi connectivity index (χ0v) is 46.2. The van der Waals surface area contributed by atoms with Crippen LogP contribution in [0.25, 0.3) is 0 Å². The summed E-state index contributed by atoms with van der Waals surface area (Å²) in [4.78, 5) is 37.3. The molecule has 0 saturated heterocycles. The van der Waals surface area contributed by atoms with E-state index in [1.807, 2.05) is 21.1 Å². The van der Waals surface area contributed by atoms with Gasteiger partial charge in [0.05, 0.1) is 34.4 Å². The normalized spacial score (nSPS) is 13.2. The van der Waals surface area contributed by atoms with Gasteiger partial charge in [0.15, 0.2) is 6.10 Å². The van der Waals surface area contributed by atoms with Gasteiger partial charge in [0.2, 0.25) is 0 Å². The molecule has 0 radical (unpaired) electrons. The number of carboxylic acids is 1. The lowest BCUT2D eigenvalue weighted by molar-refractivity contribution is -0.870. The maximum atomic E-state index is 12.9. The van der Waals surface area contributed by atoms with Crippen LogP contribution in [0.4, 0.5) is 0 Å². The third kappa shape index (κ3) is 52.8. The van der Waals surface area contributed by atoms with Crippen molar-refractivity contribution < 1.29 is 42.9 Å². The van der Waals surface area contributed by atoms with Crippen LogP contribution in [0, 0.1) is 0 Å². The highest BCUT2D eigenvalue weighted by molar-refractivity contribution is 5.71. The van der Waals surface area contributed by atoms with Crippen LogP contribution >= 0.6 is 0 Å². The van der Waals surface area contributed by atoms with Crippen molar-refractivity contribution in [3.05, 3.63) is 60.8 Å². The minimum atomic E-state index is -1.51. The third-order valence-corrected chi connectivity index (χ3v) is 12.5. The molecular weight excluding hydrogens is 875 g/mol. The first-order valence-electron chi connectivity index (χ1n) is 29.0. The summed E-state index contributed by atoms with van der Waals surface area (Å²) in [5, 5.41) is 9.69. The van der Waals surface area contributed by atoms with Gasteiger partial charge in [-0.2, -0.15) is 0 Å². The van der Waals surface area contributed by atoms with Gasteiger partial charge >= 0.3 is 17.9 Å². The van der Waals surface area contributed by atoms with Crippen LogP contribution in [0.3, 0.4) is 0 Å². The Morgan fingerprint density at radius 2 is 0.786 bits per heavy atom. The van der Waals surface area contributed by atoms with Crippen molar-refractivity contribution >= 4 is 17.9 Å². The van der Waals surface area contributed by atoms with Crippen molar-refractivity contribution in [1.82, 2.24) is 0 Å². The zero-order chi connectivity index (χ0) is 51.3. The Hall–Kier alpha value is -3.01. The van der Waals surface area contributed by atoms with E-state index in [1.54, 1.807) is 0 Å². The second-order valence-electron chi connectivity index (χ2n) is 20.6. The average molecular weight is 986 g/mol. The Kier molecular flexibility index (Phi) is 50.1. The van der Waals surface area contributed by atoms with E-state index < -0.39 is 24.3 Å². The fourth-order valence-electron chi connectivity index (χ4n) is 7.98. The number of quaternary nitrogens is 1. The molecule has 0 aromatic carbocycles. The van der Waals surface area contributed by atoms with Gasteiger partial charge in [-0.3, -0.25) is 9.59 Å². The molecule has 0 aliphatic rings. The van der Waals surface area contributed by atoms with E-state index in [0.29, 0.717) is 11.0 Å². The number of rotatable bonds is 53. The van der Waals surface area contributed by atoms with Crippen molar-refractivity contribution in [2.24, 2.45) is 0 Å². The average Bonchev–Trinajstić information content (AvgIpc) is 3.33. The molecular formula is C61H110NO8+. The summed E-state index contributed by atoms with van der Waals surface area (Å²) >= 11 is 0. The third-order valence-electron chi connectivity index (χ3n) is 12.5. The van der Waals surface area contributed by atoms with E-state index >= 15 is 0 Å². The largest absolute Gasteiger partial charge is 0.477 e. The quantitative estimate of drug-likeness (QED) is 0.0211. The molecule has 0 aliphatic heterocycles. The van der Waals surface area contributed by atoms with Crippen LogP contribution in [0.1, 0.15) is 251 Å². The molecule has 0 saturated carbocycles. The minimum absolute atomic E-state index is 0.184. The standard InChI is InChI=1S/C61H109NO8/c1-6-8-10-12-14-16-18-20-22-23-24-25-26-27-28-29-30-31-32-33-34-35-36-37-38-40-42-44-46-48-50-52-59(64)70-57(56-69-61(60(65)66)67-54-53-62(3,4)5)55-68-58(63)51-49-47-45-43-41-39-21-19-17-15-13-11-9-7-2/h13,15,18-21,23-24,26-27,57,61H,6-12,14,16-17,22,25,28-56H2,1-5H3/p+1/b15-13-,20-18-,21-19-,24-23-,27-26-. The van der Waals surface area contributed by atoms with Crippen molar-refractivity contribution in [2.75, 3.05) is 47.5 Å². The number of nitrogens with zero attached hydrogens (tertiary/aromatic N) is 1.